The van der Waals surface area contributed by atoms with Crippen LogP contribution in [0.15, 0.2) is 18.7 Å². The summed E-state index contributed by atoms with van der Waals surface area (Å²) in [5.41, 5.74) is 0. The molecule has 2 N–H and O–H groups in total. The minimum Gasteiger partial charge on any atom is -0.313 e. The maximum absolute atomic E-state index is 11.8. The number of nitrogens with one attached hydrogen (secondary N) is 2. The van der Waals surface area contributed by atoms with Gasteiger partial charge in [0, 0.05) is 19.0 Å². The number of imidazole rings is 1. The number of hydrogen-bond acceptors (Lipinski definition) is 3. The van der Waals surface area contributed by atoms with Crippen LogP contribution < -0.4 is 14.6 Å². The Bertz CT molecular complexity index is 492. The van der Waals surface area contributed by atoms with E-state index in [0.29, 0.717) is 19.0 Å². The maximum Gasteiger partial charge on any atom is 0.243 e. The minimum absolute atomic E-state index is 0.182. The highest BCUT2D eigenvalue weighted by Gasteiger charge is 2.17. The van der Waals surface area contributed by atoms with Gasteiger partial charge in [-0.3, -0.25) is 0 Å². The lowest BCUT2D eigenvalue weighted by atomic mass is 10.2. The lowest BCUT2D eigenvalue weighted by Gasteiger charge is -2.11. The number of aryl methyl sites for hydroxylation is 2. The Balaban J connectivity index is 1.68. The fourth-order valence-electron chi connectivity index (χ4n) is 2.30. The van der Waals surface area contributed by atoms with Crippen molar-refractivity contribution in [1.29, 1.82) is 0 Å². The standard InChI is InChI=1S/C12H23N4O2S/c1-15-7-8-16(11-15)6-3-9-19(17,18)14-10-12-4-2-5-13-12/h7-8,11-14H,2-6,9-10H2,1H3/q+1/t12-/m0/s1. The molecule has 108 valence electrons. The summed E-state index contributed by atoms with van der Waals surface area (Å²) in [5, 5.41) is 3.28. The monoisotopic (exact) mass is 287 g/mol. The van der Waals surface area contributed by atoms with E-state index in [0.717, 1.165) is 25.9 Å². The second-order valence-corrected chi connectivity index (χ2v) is 7.06. The van der Waals surface area contributed by atoms with Crippen LogP contribution in [-0.4, -0.2) is 37.9 Å². The van der Waals surface area contributed by atoms with Gasteiger partial charge in [0.1, 0.15) is 12.4 Å². The van der Waals surface area contributed by atoms with Crippen LogP contribution in [0, 0.1) is 0 Å². The van der Waals surface area contributed by atoms with Crippen molar-refractivity contribution in [3.05, 3.63) is 18.7 Å². The van der Waals surface area contributed by atoms with Gasteiger partial charge in [-0.2, -0.15) is 0 Å². The number of hydrogen-bond donors (Lipinski definition) is 2. The van der Waals surface area contributed by atoms with Gasteiger partial charge >= 0.3 is 0 Å². The molecule has 1 aliphatic rings. The highest BCUT2D eigenvalue weighted by molar-refractivity contribution is 7.89. The Kier molecular flexibility index (Phi) is 4.95. The molecule has 2 heterocycles. The molecule has 1 saturated heterocycles. The fourth-order valence-corrected chi connectivity index (χ4v) is 3.41. The molecule has 0 aromatic carbocycles. The molecule has 2 rings (SSSR count). The third kappa shape index (κ3) is 4.93. The van der Waals surface area contributed by atoms with Gasteiger partial charge in [0.2, 0.25) is 16.4 Å². The molecule has 0 unspecified atom stereocenters. The SMILES string of the molecule is C[n+]1ccn(CCCS(=O)(=O)NC[C@@H]2CCCN2)c1. The zero-order valence-electron chi connectivity index (χ0n) is 11.4. The average Bonchev–Trinajstić information content (AvgIpc) is 2.98. The van der Waals surface area contributed by atoms with Gasteiger partial charge in [0.25, 0.3) is 0 Å². The highest BCUT2D eigenvalue weighted by atomic mass is 32.2. The van der Waals surface area contributed by atoms with E-state index in [1.165, 1.54) is 0 Å². The smallest absolute Gasteiger partial charge is 0.243 e. The lowest BCUT2D eigenvalue weighted by molar-refractivity contribution is -0.671. The Morgan fingerprint density at radius 1 is 1.53 bits per heavy atom. The Morgan fingerprint density at radius 2 is 2.37 bits per heavy atom. The molecule has 1 fully saturated rings. The minimum atomic E-state index is -3.14. The largest absolute Gasteiger partial charge is 0.313 e. The van der Waals surface area contributed by atoms with E-state index in [9.17, 15) is 8.42 Å². The van der Waals surface area contributed by atoms with Gasteiger partial charge < -0.3 is 5.32 Å². The molecular formula is C12H23N4O2S+. The van der Waals surface area contributed by atoms with Gasteiger partial charge in [-0.15, -0.1) is 0 Å². The molecule has 0 saturated carbocycles. The van der Waals surface area contributed by atoms with Gasteiger partial charge in [-0.25, -0.2) is 22.3 Å². The van der Waals surface area contributed by atoms with E-state index < -0.39 is 10.0 Å². The van der Waals surface area contributed by atoms with Crippen LogP contribution in [0.2, 0.25) is 0 Å². The fraction of sp³-hybridized carbons (Fsp3) is 0.750. The van der Waals surface area contributed by atoms with E-state index in [1.807, 2.05) is 34.9 Å². The van der Waals surface area contributed by atoms with E-state index in [2.05, 4.69) is 10.0 Å². The lowest BCUT2D eigenvalue weighted by Crippen LogP contribution is -2.38. The van der Waals surface area contributed by atoms with Crippen molar-refractivity contribution in [3.63, 3.8) is 0 Å². The van der Waals surface area contributed by atoms with Crippen LogP contribution in [0.25, 0.3) is 0 Å². The van der Waals surface area contributed by atoms with Gasteiger partial charge in [-0.1, -0.05) is 0 Å². The van der Waals surface area contributed by atoms with E-state index in [4.69, 9.17) is 0 Å². The van der Waals surface area contributed by atoms with E-state index in [-0.39, 0.29) is 5.75 Å². The van der Waals surface area contributed by atoms with Crippen molar-refractivity contribution >= 4 is 10.0 Å². The molecule has 1 aromatic heterocycles. The first-order chi connectivity index (χ1) is 9.05. The third-order valence-corrected chi connectivity index (χ3v) is 4.80. The van der Waals surface area contributed by atoms with Crippen LogP contribution in [0.3, 0.4) is 0 Å². The van der Waals surface area contributed by atoms with Crippen molar-refractivity contribution in [2.75, 3.05) is 18.8 Å². The molecule has 7 heteroatoms. The van der Waals surface area contributed by atoms with Crippen LogP contribution in [0.4, 0.5) is 0 Å². The molecule has 6 nitrogen and oxygen atoms in total. The molecule has 0 bridgehead atoms. The number of sulfonamides is 1. The molecule has 1 aliphatic heterocycles. The molecular weight excluding hydrogens is 264 g/mol. The van der Waals surface area contributed by atoms with Gasteiger partial charge in [0.15, 0.2) is 0 Å². The first kappa shape index (κ1) is 14.5. The number of nitrogens with zero attached hydrogens (tertiary/aromatic N) is 2. The molecule has 0 aliphatic carbocycles. The predicted octanol–water partition coefficient (Wildman–Crippen LogP) is -0.626. The van der Waals surface area contributed by atoms with Crippen LogP contribution in [-0.2, 0) is 23.6 Å². The van der Waals surface area contributed by atoms with Crippen molar-refractivity contribution in [1.82, 2.24) is 14.6 Å². The molecule has 1 aromatic rings. The highest BCUT2D eigenvalue weighted by Crippen LogP contribution is 2.04. The summed E-state index contributed by atoms with van der Waals surface area (Å²) in [6.45, 7) is 2.24. The first-order valence-electron chi connectivity index (χ1n) is 6.77. The van der Waals surface area contributed by atoms with Crippen molar-refractivity contribution < 1.29 is 13.0 Å². The molecule has 1 atom stereocenters. The third-order valence-electron chi connectivity index (χ3n) is 3.37. The summed E-state index contributed by atoms with van der Waals surface area (Å²) < 4.78 is 30.3. The molecule has 0 amide bonds. The van der Waals surface area contributed by atoms with E-state index >= 15 is 0 Å². The van der Waals surface area contributed by atoms with Crippen molar-refractivity contribution in [2.24, 2.45) is 7.05 Å². The summed E-state index contributed by atoms with van der Waals surface area (Å²) in [5.74, 6) is 0.182. The van der Waals surface area contributed by atoms with Crippen LogP contribution in [0.5, 0.6) is 0 Å². The second kappa shape index (κ2) is 6.49. The van der Waals surface area contributed by atoms with Crippen LogP contribution in [0.1, 0.15) is 19.3 Å². The van der Waals surface area contributed by atoms with Crippen molar-refractivity contribution in [2.45, 2.75) is 31.8 Å². The average molecular weight is 287 g/mol. The Morgan fingerprint density at radius 3 is 3.00 bits per heavy atom. The van der Waals surface area contributed by atoms with Crippen LogP contribution >= 0.6 is 0 Å². The summed E-state index contributed by atoms with van der Waals surface area (Å²) in [4.78, 5) is 0. The van der Waals surface area contributed by atoms with E-state index in [1.54, 1.807) is 0 Å². The predicted molar refractivity (Wildman–Crippen MR) is 73.0 cm³/mol. The summed E-state index contributed by atoms with van der Waals surface area (Å²) in [7, 11) is -1.19. The summed E-state index contributed by atoms with van der Waals surface area (Å²) in [6.07, 6.45) is 8.66. The quantitative estimate of drug-likeness (QED) is 0.657. The van der Waals surface area contributed by atoms with Gasteiger partial charge in [-0.05, 0) is 19.4 Å². The Labute approximate surface area is 114 Å². The zero-order chi connectivity index (χ0) is 13.7. The topological polar surface area (TPSA) is 67.0 Å². The number of aromatic nitrogens is 2. The molecule has 0 spiro atoms. The molecule has 19 heavy (non-hydrogen) atoms. The maximum atomic E-state index is 11.8. The van der Waals surface area contributed by atoms with Gasteiger partial charge in [0.05, 0.1) is 19.3 Å². The normalized spacial score (nSPS) is 19.9. The Hall–Kier alpha value is -0.920. The molecule has 0 radical (unpaired) electrons. The van der Waals surface area contributed by atoms with Crippen molar-refractivity contribution in [3.8, 4) is 0 Å². The summed E-state index contributed by atoms with van der Waals surface area (Å²) >= 11 is 0. The second-order valence-electron chi connectivity index (χ2n) is 5.13. The number of rotatable bonds is 7. The first-order valence-corrected chi connectivity index (χ1v) is 8.42. The summed E-state index contributed by atoms with van der Waals surface area (Å²) in [6, 6.07) is 0.304. The zero-order valence-corrected chi connectivity index (χ0v) is 12.2.